The Hall–Kier alpha value is -2.16. The number of rotatable bonds is 3. The number of nitrogens with two attached hydrogens (primary N) is 1. The standard InChI is InChI=1S/C10H9F2N5OS/c1-17-10(14-4-15-17)19-8-6(11)2-5(3-7(8)12)9(13)16-18/h2-4,18H,1H3,(H2,13,16). The second kappa shape index (κ2) is 5.22. The molecule has 0 aliphatic carbocycles. The number of amidine groups is 1. The molecule has 100 valence electrons. The average Bonchev–Trinajstić information content (AvgIpc) is 2.78. The molecule has 6 nitrogen and oxygen atoms in total. The van der Waals surface area contributed by atoms with Crippen molar-refractivity contribution in [3.05, 3.63) is 35.7 Å². The van der Waals surface area contributed by atoms with Gasteiger partial charge < -0.3 is 10.9 Å². The van der Waals surface area contributed by atoms with E-state index in [9.17, 15) is 8.78 Å². The maximum absolute atomic E-state index is 13.8. The number of aromatic nitrogens is 3. The fourth-order valence-corrected chi connectivity index (χ4v) is 2.11. The Bertz CT molecular complexity index is 620. The molecule has 0 radical (unpaired) electrons. The van der Waals surface area contributed by atoms with Crippen molar-refractivity contribution in [1.82, 2.24) is 14.8 Å². The molecular weight excluding hydrogens is 276 g/mol. The van der Waals surface area contributed by atoms with E-state index in [0.29, 0.717) is 5.16 Å². The lowest BCUT2D eigenvalue weighted by Crippen LogP contribution is -2.14. The average molecular weight is 285 g/mol. The monoisotopic (exact) mass is 285 g/mol. The molecule has 2 rings (SSSR count). The third kappa shape index (κ3) is 2.65. The Morgan fingerprint density at radius 1 is 1.42 bits per heavy atom. The van der Waals surface area contributed by atoms with Gasteiger partial charge in [0.2, 0.25) is 0 Å². The quantitative estimate of drug-likeness (QED) is 0.384. The summed E-state index contributed by atoms with van der Waals surface area (Å²) < 4.78 is 29.0. The maximum atomic E-state index is 13.8. The van der Waals surface area contributed by atoms with Crippen molar-refractivity contribution in [2.45, 2.75) is 10.1 Å². The lowest BCUT2D eigenvalue weighted by atomic mass is 10.2. The van der Waals surface area contributed by atoms with Gasteiger partial charge in [-0.05, 0) is 23.9 Å². The van der Waals surface area contributed by atoms with Gasteiger partial charge in [-0.25, -0.2) is 18.4 Å². The molecule has 1 aromatic carbocycles. The van der Waals surface area contributed by atoms with E-state index in [1.807, 2.05) is 0 Å². The van der Waals surface area contributed by atoms with E-state index >= 15 is 0 Å². The van der Waals surface area contributed by atoms with E-state index in [1.165, 1.54) is 11.0 Å². The van der Waals surface area contributed by atoms with Crippen molar-refractivity contribution >= 4 is 17.6 Å². The van der Waals surface area contributed by atoms with Gasteiger partial charge in [0.05, 0.1) is 4.90 Å². The molecule has 1 aromatic heterocycles. The first-order valence-electron chi connectivity index (χ1n) is 5.01. The Labute approximate surface area is 110 Å². The Morgan fingerprint density at radius 2 is 2.05 bits per heavy atom. The summed E-state index contributed by atoms with van der Waals surface area (Å²) in [5, 5.41) is 15.3. The van der Waals surface area contributed by atoms with E-state index < -0.39 is 11.6 Å². The van der Waals surface area contributed by atoms with Crippen LogP contribution in [0, 0.1) is 11.6 Å². The number of aryl methyl sites for hydroxylation is 1. The lowest BCUT2D eigenvalue weighted by molar-refractivity contribution is 0.318. The predicted octanol–water partition coefficient (Wildman–Crippen LogP) is 1.34. The summed E-state index contributed by atoms with van der Waals surface area (Å²) >= 11 is 0.798. The Kier molecular flexibility index (Phi) is 3.65. The molecular formula is C10H9F2N5OS. The summed E-state index contributed by atoms with van der Waals surface area (Å²) in [7, 11) is 1.61. The molecule has 0 amide bonds. The zero-order valence-electron chi connectivity index (χ0n) is 9.71. The van der Waals surface area contributed by atoms with E-state index in [2.05, 4.69) is 15.2 Å². The van der Waals surface area contributed by atoms with Crippen molar-refractivity contribution in [2.75, 3.05) is 0 Å². The second-order valence-electron chi connectivity index (χ2n) is 3.52. The van der Waals surface area contributed by atoms with Crippen LogP contribution < -0.4 is 5.73 Å². The zero-order valence-corrected chi connectivity index (χ0v) is 10.5. The first kappa shape index (κ1) is 13.3. The number of hydrogen-bond acceptors (Lipinski definition) is 5. The van der Waals surface area contributed by atoms with Crippen LogP contribution >= 0.6 is 11.8 Å². The predicted molar refractivity (Wildman–Crippen MR) is 64.0 cm³/mol. The highest BCUT2D eigenvalue weighted by Gasteiger charge is 2.16. The van der Waals surface area contributed by atoms with Gasteiger partial charge in [-0.3, -0.25) is 0 Å². The van der Waals surface area contributed by atoms with E-state index in [4.69, 9.17) is 10.9 Å². The molecule has 0 aliphatic rings. The van der Waals surface area contributed by atoms with Gasteiger partial charge in [-0.15, -0.1) is 0 Å². The smallest absolute Gasteiger partial charge is 0.190 e. The largest absolute Gasteiger partial charge is 0.409 e. The van der Waals surface area contributed by atoms with E-state index in [-0.39, 0.29) is 16.3 Å². The van der Waals surface area contributed by atoms with Crippen LogP contribution in [0.1, 0.15) is 5.56 Å². The van der Waals surface area contributed by atoms with Crippen LogP contribution in [-0.4, -0.2) is 25.8 Å². The van der Waals surface area contributed by atoms with Crippen LogP contribution in [0.25, 0.3) is 0 Å². The number of hydrogen-bond donors (Lipinski definition) is 2. The van der Waals surface area contributed by atoms with E-state index in [1.54, 1.807) is 7.05 Å². The molecule has 9 heteroatoms. The highest BCUT2D eigenvalue weighted by molar-refractivity contribution is 7.99. The SMILES string of the molecule is Cn1ncnc1Sc1c(F)cc(C(N)=NO)cc1F. The Balaban J connectivity index is 2.40. The second-order valence-corrected chi connectivity index (χ2v) is 4.50. The molecule has 0 saturated carbocycles. The van der Waals surface area contributed by atoms with Crippen LogP contribution in [0.15, 0.2) is 33.7 Å². The van der Waals surface area contributed by atoms with Crippen LogP contribution in [0.2, 0.25) is 0 Å². The maximum Gasteiger partial charge on any atom is 0.190 e. The highest BCUT2D eigenvalue weighted by atomic mass is 32.2. The van der Waals surface area contributed by atoms with Gasteiger partial charge in [0.25, 0.3) is 0 Å². The molecule has 0 fully saturated rings. The van der Waals surface area contributed by atoms with Crippen LogP contribution in [0.3, 0.4) is 0 Å². The minimum absolute atomic E-state index is 0.0418. The van der Waals surface area contributed by atoms with Crippen molar-refractivity contribution in [3.8, 4) is 0 Å². The molecule has 0 unspecified atom stereocenters. The summed E-state index contributed by atoms with van der Waals surface area (Å²) in [6, 6.07) is 1.97. The number of benzene rings is 1. The molecule has 0 atom stereocenters. The first-order chi connectivity index (χ1) is 9.02. The third-order valence-electron chi connectivity index (χ3n) is 2.26. The molecule has 1 heterocycles. The molecule has 2 aromatic rings. The minimum Gasteiger partial charge on any atom is -0.409 e. The normalized spacial score (nSPS) is 11.8. The van der Waals surface area contributed by atoms with Crippen molar-refractivity contribution in [2.24, 2.45) is 17.9 Å². The third-order valence-corrected chi connectivity index (χ3v) is 3.41. The van der Waals surface area contributed by atoms with Gasteiger partial charge >= 0.3 is 0 Å². The molecule has 0 saturated heterocycles. The fraction of sp³-hybridized carbons (Fsp3) is 0.100. The lowest BCUT2D eigenvalue weighted by Gasteiger charge is -2.06. The van der Waals surface area contributed by atoms with Crippen molar-refractivity contribution < 1.29 is 14.0 Å². The fourth-order valence-electron chi connectivity index (χ4n) is 1.33. The summed E-state index contributed by atoms with van der Waals surface area (Å²) in [5.74, 6) is -2.02. The first-order valence-corrected chi connectivity index (χ1v) is 5.83. The number of oxime groups is 1. The van der Waals surface area contributed by atoms with Crippen LogP contribution in [0.5, 0.6) is 0 Å². The van der Waals surface area contributed by atoms with Gasteiger partial charge in [-0.1, -0.05) is 5.16 Å². The van der Waals surface area contributed by atoms with E-state index in [0.717, 1.165) is 23.9 Å². The molecule has 3 N–H and O–H groups in total. The molecule has 0 spiro atoms. The Morgan fingerprint density at radius 3 is 2.53 bits per heavy atom. The van der Waals surface area contributed by atoms with Crippen LogP contribution in [0.4, 0.5) is 8.78 Å². The summed E-state index contributed by atoms with van der Waals surface area (Å²) in [4.78, 5) is 3.63. The van der Waals surface area contributed by atoms with Crippen molar-refractivity contribution in [3.63, 3.8) is 0 Å². The summed E-state index contributed by atoms with van der Waals surface area (Å²) in [6.45, 7) is 0. The van der Waals surface area contributed by atoms with Gasteiger partial charge in [-0.2, -0.15) is 5.10 Å². The van der Waals surface area contributed by atoms with Gasteiger partial charge in [0.15, 0.2) is 11.0 Å². The summed E-state index contributed by atoms with van der Waals surface area (Å²) in [6.07, 6.45) is 1.28. The molecule has 19 heavy (non-hydrogen) atoms. The molecule has 0 bridgehead atoms. The van der Waals surface area contributed by atoms with Crippen LogP contribution in [-0.2, 0) is 7.05 Å². The number of halogens is 2. The summed E-state index contributed by atoms with van der Waals surface area (Å²) in [5.41, 5.74) is 5.23. The number of nitrogens with zero attached hydrogens (tertiary/aromatic N) is 4. The minimum atomic E-state index is -0.824. The highest BCUT2D eigenvalue weighted by Crippen LogP contribution is 2.31. The van der Waals surface area contributed by atoms with Crippen molar-refractivity contribution in [1.29, 1.82) is 0 Å². The van der Waals surface area contributed by atoms with Gasteiger partial charge in [0, 0.05) is 12.6 Å². The topological polar surface area (TPSA) is 89.3 Å². The molecule has 0 aliphatic heterocycles. The zero-order chi connectivity index (χ0) is 14.0. The van der Waals surface area contributed by atoms with Gasteiger partial charge in [0.1, 0.15) is 18.0 Å².